The highest BCUT2D eigenvalue weighted by molar-refractivity contribution is 5.73. The molecule has 0 aliphatic carbocycles. The van der Waals surface area contributed by atoms with Crippen molar-refractivity contribution in [3.8, 4) is 5.75 Å². The van der Waals surface area contributed by atoms with Crippen LogP contribution in [-0.2, 0) is 0 Å². The van der Waals surface area contributed by atoms with Gasteiger partial charge in [0.25, 0.3) is 0 Å². The number of benzene rings is 1. The molecule has 0 aliphatic heterocycles. The first-order valence-electron chi connectivity index (χ1n) is 6.54. The summed E-state index contributed by atoms with van der Waals surface area (Å²) in [4.78, 5) is 4.37. The molecule has 0 saturated heterocycles. The molecule has 4 nitrogen and oxygen atoms in total. The standard InChI is InChI=1S/C16H15FN2O2/c1-9-3-5-14-12(19-9)8-15(21-14)16(18)10-4-6-13(20-2)11(17)7-10/h3-8,16H,18H2,1-2H3. The number of hydrogen-bond acceptors (Lipinski definition) is 4. The Morgan fingerprint density at radius 2 is 2.05 bits per heavy atom. The van der Waals surface area contributed by atoms with E-state index in [0.717, 1.165) is 11.2 Å². The zero-order chi connectivity index (χ0) is 15.0. The van der Waals surface area contributed by atoms with E-state index in [1.807, 2.05) is 19.1 Å². The molecule has 0 amide bonds. The summed E-state index contributed by atoms with van der Waals surface area (Å²) in [5.74, 6) is 0.288. The summed E-state index contributed by atoms with van der Waals surface area (Å²) < 4.78 is 24.4. The van der Waals surface area contributed by atoms with E-state index in [9.17, 15) is 4.39 Å². The lowest BCUT2D eigenvalue weighted by Gasteiger charge is -2.10. The number of nitrogens with zero attached hydrogens (tertiary/aromatic N) is 1. The molecule has 0 spiro atoms. The van der Waals surface area contributed by atoms with Crippen molar-refractivity contribution in [2.45, 2.75) is 13.0 Å². The fourth-order valence-electron chi connectivity index (χ4n) is 2.24. The summed E-state index contributed by atoms with van der Waals surface area (Å²) in [7, 11) is 1.42. The van der Waals surface area contributed by atoms with Gasteiger partial charge in [-0.25, -0.2) is 9.37 Å². The van der Waals surface area contributed by atoms with E-state index in [4.69, 9.17) is 14.9 Å². The van der Waals surface area contributed by atoms with Gasteiger partial charge >= 0.3 is 0 Å². The third-order valence-electron chi connectivity index (χ3n) is 3.37. The summed E-state index contributed by atoms with van der Waals surface area (Å²) in [6, 6.07) is 9.58. The highest BCUT2D eigenvalue weighted by Gasteiger charge is 2.16. The Balaban J connectivity index is 1.99. The summed E-state index contributed by atoms with van der Waals surface area (Å²) >= 11 is 0. The van der Waals surface area contributed by atoms with Gasteiger partial charge in [-0.2, -0.15) is 0 Å². The van der Waals surface area contributed by atoms with E-state index in [1.54, 1.807) is 18.2 Å². The van der Waals surface area contributed by atoms with Gasteiger partial charge in [0.2, 0.25) is 0 Å². The maximum Gasteiger partial charge on any atom is 0.165 e. The van der Waals surface area contributed by atoms with Gasteiger partial charge in [0.05, 0.1) is 13.2 Å². The predicted molar refractivity (Wildman–Crippen MR) is 77.7 cm³/mol. The first kappa shape index (κ1) is 13.6. The van der Waals surface area contributed by atoms with E-state index in [1.165, 1.54) is 13.2 Å². The second-order valence-electron chi connectivity index (χ2n) is 4.86. The van der Waals surface area contributed by atoms with E-state index in [-0.39, 0.29) is 5.75 Å². The Morgan fingerprint density at radius 3 is 2.76 bits per heavy atom. The molecule has 2 aromatic heterocycles. The third kappa shape index (κ3) is 2.48. The fourth-order valence-corrected chi connectivity index (χ4v) is 2.24. The topological polar surface area (TPSA) is 61.3 Å². The van der Waals surface area contributed by atoms with Crippen molar-refractivity contribution >= 4 is 11.1 Å². The van der Waals surface area contributed by atoms with Crippen molar-refractivity contribution in [1.82, 2.24) is 4.98 Å². The molecule has 21 heavy (non-hydrogen) atoms. The molecule has 1 atom stereocenters. The lowest BCUT2D eigenvalue weighted by molar-refractivity contribution is 0.386. The molecule has 1 aromatic carbocycles. The minimum atomic E-state index is -0.556. The molecular weight excluding hydrogens is 271 g/mol. The maximum atomic E-state index is 13.8. The number of aryl methyl sites for hydroxylation is 1. The van der Waals surface area contributed by atoms with Crippen molar-refractivity contribution in [3.05, 3.63) is 59.2 Å². The highest BCUT2D eigenvalue weighted by atomic mass is 19.1. The van der Waals surface area contributed by atoms with E-state index < -0.39 is 11.9 Å². The number of hydrogen-bond donors (Lipinski definition) is 1. The van der Waals surface area contributed by atoms with E-state index in [0.29, 0.717) is 16.9 Å². The largest absolute Gasteiger partial charge is 0.494 e. The number of pyridine rings is 1. The van der Waals surface area contributed by atoms with Crippen molar-refractivity contribution in [1.29, 1.82) is 0 Å². The van der Waals surface area contributed by atoms with E-state index >= 15 is 0 Å². The van der Waals surface area contributed by atoms with Crippen LogP contribution in [0.4, 0.5) is 4.39 Å². The Kier molecular flexibility index (Phi) is 3.35. The molecule has 0 saturated carbocycles. The van der Waals surface area contributed by atoms with Gasteiger partial charge in [-0.3, -0.25) is 0 Å². The Hall–Kier alpha value is -2.40. The molecule has 0 radical (unpaired) electrons. The predicted octanol–water partition coefficient (Wildman–Crippen LogP) is 3.33. The molecule has 0 fully saturated rings. The zero-order valence-electron chi connectivity index (χ0n) is 11.8. The first-order chi connectivity index (χ1) is 10.1. The van der Waals surface area contributed by atoms with E-state index in [2.05, 4.69) is 4.98 Å². The molecule has 1 unspecified atom stereocenters. The first-order valence-corrected chi connectivity index (χ1v) is 6.54. The van der Waals surface area contributed by atoms with Crippen LogP contribution < -0.4 is 10.5 Å². The molecular formula is C16H15FN2O2. The lowest BCUT2D eigenvalue weighted by atomic mass is 10.1. The van der Waals surface area contributed by atoms with Crippen molar-refractivity contribution < 1.29 is 13.5 Å². The average molecular weight is 286 g/mol. The SMILES string of the molecule is COc1ccc(C(N)c2cc3nc(C)ccc3o2)cc1F. The Morgan fingerprint density at radius 1 is 1.24 bits per heavy atom. The van der Waals surface area contributed by atoms with Gasteiger partial charge in [-0.05, 0) is 36.8 Å². The molecule has 2 heterocycles. The summed E-state index contributed by atoms with van der Waals surface area (Å²) in [5.41, 5.74) is 9.08. The van der Waals surface area contributed by atoms with Crippen LogP contribution in [0.5, 0.6) is 5.75 Å². The van der Waals surface area contributed by atoms with Crippen LogP contribution in [0.25, 0.3) is 11.1 Å². The van der Waals surface area contributed by atoms with Crippen LogP contribution in [0.15, 0.2) is 40.8 Å². The number of furan rings is 1. The van der Waals surface area contributed by atoms with Gasteiger partial charge in [0.1, 0.15) is 11.3 Å². The fraction of sp³-hybridized carbons (Fsp3) is 0.188. The number of nitrogens with two attached hydrogens (primary N) is 1. The van der Waals surface area contributed by atoms with Crippen LogP contribution in [0.1, 0.15) is 23.1 Å². The number of ether oxygens (including phenoxy) is 1. The van der Waals surface area contributed by atoms with Crippen LogP contribution in [0.2, 0.25) is 0 Å². The summed E-state index contributed by atoms with van der Waals surface area (Å²) in [5, 5.41) is 0. The Bertz CT molecular complexity index is 798. The lowest BCUT2D eigenvalue weighted by Crippen LogP contribution is -2.11. The summed E-state index contributed by atoms with van der Waals surface area (Å²) in [6.07, 6.45) is 0. The number of halogens is 1. The van der Waals surface area contributed by atoms with Crippen molar-refractivity contribution in [2.75, 3.05) is 7.11 Å². The molecule has 108 valence electrons. The second-order valence-corrected chi connectivity index (χ2v) is 4.86. The second kappa shape index (κ2) is 5.18. The molecule has 0 bridgehead atoms. The van der Waals surface area contributed by atoms with Gasteiger partial charge in [-0.1, -0.05) is 6.07 Å². The van der Waals surface area contributed by atoms with Crippen LogP contribution >= 0.6 is 0 Å². The molecule has 0 aliphatic rings. The molecule has 2 N–H and O–H groups in total. The smallest absolute Gasteiger partial charge is 0.165 e. The quantitative estimate of drug-likeness (QED) is 0.802. The molecule has 5 heteroatoms. The average Bonchev–Trinajstić information content (AvgIpc) is 2.89. The van der Waals surface area contributed by atoms with Crippen molar-refractivity contribution in [2.24, 2.45) is 5.73 Å². The normalized spacial score (nSPS) is 12.6. The molecule has 3 rings (SSSR count). The number of fused-ring (bicyclic) bond motifs is 1. The Labute approximate surface area is 121 Å². The van der Waals surface area contributed by atoms with Crippen LogP contribution in [0.3, 0.4) is 0 Å². The van der Waals surface area contributed by atoms with Gasteiger partial charge < -0.3 is 14.9 Å². The zero-order valence-corrected chi connectivity index (χ0v) is 11.8. The number of methoxy groups -OCH3 is 1. The minimum absolute atomic E-state index is 0.188. The van der Waals surface area contributed by atoms with Gasteiger partial charge in [-0.15, -0.1) is 0 Å². The highest BCUT2D eigenvalue weighted by Crippen LogP contribution is 2.28. The monoisotopic (exact) mass is 286 g/mol. The van der Waals surface area contributed by atoms with Crippen molar-refractivity contribution in [3.63, 3.8) is 0 Å². The minimum Gasteiger partial charge on any atom is -0.494 e. The third-order valence-corrected chi connectivity index (χ3v) is 3.37. The summed E-state index contributed by atoms with van der Waals surface area (Å²) in [6.45, 7) is 1.91. The number of rotatable bonds is 3. The van der Waals surface area contributed by atoms with Crippen LogP contribution in [-0.4, -0.2) is 12.1 Å². The number of aromatic nitrogens is 1. The van der Waals surface area contributed by atoms with Gasteiger partial charge in [0, 0.05) is 11.8 Å². The van der Waals surface area contributed by atoms with Gasteiger partial charge in [0.15, 0.2) is 17.1 Å². The molecule has 3 aromatic rings. The maximum absolute atomic E-state index is 13.8. The van der Waals surface area contributed by atoms with Crippen LogP contribution in [0, 0.1) is 12.7 Å².